The van der Waals surface area contributed by atoms with Crippen molar-refractivity contribution in [1.82, 2.24) is 24.6 Å². The van der Waals surface area contributed by atoms with Gasteiger partial charge in [-0.2, -0.15) is 13.2 Å². The Bertz CT molecular complexity index is 1540. The molecule has 0 amide bonds. The van der Waals surface area contributed by atoms with Crippen LogP contribution < -0.4 is 5.32 Å². The lowest BCUT2D eigenvalue weighted by Crippen LogP contribution is -2.52. The number of alkyl halides is 3. The molecule has 8 nitrogen and oxygen atoms in total. The first-order valence-corrected chi connectivity index (χ1v) is 11.8. The molecule has 2 bridgehead atoms. The number of aromatic nitrogens is 5. The smallest absolute Gasteiger partial charge is 0.433 e. The lowest BCUT2D eigenvalue weighted by atomic mass is 9.61. The molecule has 4 aromatic heterocycles. The van der Waals surface area contributed by atoms with E-state index in [0.29, 0.717) is 22.9 Å². The Hall–Kier alpha value is -3.70. The van der Waals surface area contributed by atoms with E-state index in [2.05, 4.69) is 25.4 Å². The summed E-state index contributed by atoms with van der Waals surface area (Å²) >= 11 is 0. The summed E-state index contributed by atoms with van der Waals surface area (Å²) in [4.78, 5) is 23.7. The normalized spacial score (nSPS) is 29.0. The highest BCUT2D eigenvalue weighted by Crippen LogP contribution is 2.64. The SMILES string of the molecule is O=C(O)[C@@H]1[C@@H](Nc2nc(-c3c[nH]c4ncc(F)cc34)nn3c(C(F)(F)F)ccc23)[C@@H]2CC[C@H]1C1CC12. The Morgan fingerprint density at radius 1 is 1.17 bits per heavy atom. The number of H-pyrrole nitrogens is 1. The predicted molar refractivity (Wildman–Crippen MR) is 119 cm³/mol. The number of aliphatic carboxylic acids is 1. The number of hydrogen-bond donors (Lipinski definition) is 3. The first-order valence-electron chi connectivity index (χ1n) is 11.8. The zero-order valence-electron chi connectivity index (χ0n) is 18.6. The molecule has 0 aliphatic heterocycles. The van der Waals surface area contributed by atoms with E-state index in [9.17, 15) is 27.5 Å². The molecule has 4 aliphatic carbocycles. The second-order valence-electron chi connectivity index (χ2n) is 10.1. The zero-order chi connectivity index (χ0) is 24.9. The maximum Gasteiger partial charge on any atom is 0.433 e. The van der Waals surface area contributed by atoms with Gasteiger partial charge in [0, 0.05) is 23.2 Å². The van der Waals surface area contributed by atoms with Gasteiger partial charge in [0.25, 0.3) is 0 Å². The van der Waals surface area contributed by atoms with E-state index < -0.39 is 35.6 Å². The summed E-state index contributed by atoms with van der Waals surface area (Å²) in [7, 11) is 0. The average molecular weight is 500 g/mol. The third-order valence-corrected chi connectivity index (χ3v) is 8.26. The summed E-state index contributed by atoms with van der Waals surface area (Å²) in [6, 6.07) is 2.96. The molecule has 0 spiro atoms. The Balaban J connectivity index is 1.40. The quantitative estimate of drug-likeness (QED) is 0.354. The monoisotopic (exact) mass is 500 g/mol. The molecule has 0 radical (unpaired) electrons. The second-order valence-corrected chi connectivity index (χ2v) is 10.1. The molecule has 0 saturated heterocycles. The van der Waals surface area contributed by atoms with Gasteiger partial charge in [0.1, 0.15) is 22.7 Å². The number of carboxylic acid groups (broad SMARTS) is 1. The fraction of sp³-hybridized carbons (Fsp3) is 0.417. The summed E-state index contributed by atoms with van der Waals surface area (Å²) in [6.45, 7) is 0. The molecule has 36 heavy (non-hydrogen) atoms. The maximum atomic E-state index is 13.9. The standard InChI is InChI=1S/C24H20F4N6O2/c25-9-5-14-15(8-30-20(14)29-7-9)21-32-22(16-3-4-17(24(26,27)28)34(16)33-21)31-19-11-2-1-10(12-6-13(11)12)18(19)23(35)36/h3-5,7-8,10-13,18-19H,1-2,6H2,(H,29,30)(H,35,36)(H,31,32,33)/t10-,11+,12?,13?,18-,19-/m0/s1. The van der Waals surface area contributed by atoms with Crippen LogP contribution in [0.1, 0.15) is 25.0 Å². The molecule has 4 fully saturated rings. The summed E-state index contributed by atoms with van der Waals surface area (Å²) < 4.78 is 56.2. The van der Waals surface area contributed by atoms with Crippen molar-refractivity contribution in [2.75, 3.05) is 5.32 Å². The number of carboxylic acids is 1. The van der Waals surface area contributed by atoms with Gasteiger partial charge in [0.05, 0.1) is 12.1 Å². The number of nitrogens with one attached hydrogen (secondary N) is 2. The van der Waals surface area contributed by atoms with Crippen LogP contribution in [-0.4, -0.2) is 41.7 Å². The van der Waals surface area contributed by atoms with Crippen LogP contribution in [0.4, 0.5) is 23.4 Å². The number of carbonyl (C=O) groups is 1. The fourth-order valence-electron chi connectivity index (χ4n) is 6.74. The van der Waals surface area contributed by atoms with E-state index >= 15 is 0 Å². The summed E-state index contributed by atoms with van der Waals surface area (Å²) in [5.74, 6) is -1.08. The maximum absolute atomic E-state index is 13.9. The van der Waals surface area contributed by atoms with Gasteiger partial charge < -0.3 is 15.4 Å². The van der Waals surface area contributed by atoms with Crippen molar-refractivity contribution in [3.63, 3.8) is 0 Å². The van der Waals surface area contributed by atoms with Gasteiger partial charge in [-0.3, -0.25) is 4.79 Å². The molecule has 4 aromatic rings. The summed E-state index contributed by atoms with van der Waals surface area (Å²) in [6.07, 6.45) is 0.544. The minimum atomic E-state index is -4.68. The van der Waals surface area contributed by atoms with Crippen molar-refractivity contribution < 1.29 is 27.5 Å². The topological polar surface area (TPSA) is 108 Å². The molecule has 12 heteroatoms. The zero-order valence-corrected chi connectivity index (χ0v) is 18.6. The molecule has 186 valence electrons. The highest BCUT2D eigenvalue weighted by Gasteiger charge is 2.63. The number of rotatable bonds is 4. The molecule has 4 saturated carbocycles. The van der Waals surface area contributed by atoms with Gasteiger partial charge >= 0.3 is 12.1 Å². The number of halogens is 4. The Kier molecular flexibility index (Phi) is 4.30. The molecule has 8 rings (SSSR count). The molecular formula is C24H20F4N6O2. The van der Waals surface area contributed by atoms with Crippen molar-refractivity contribution in [3.8, 4) is 11.4 Å². The number of nitrogens with zero attached hydrogens (tertiary/aromatic N) is 4. The largest absolute Gasteiger partial charge is 0.481 e. The van der Waals surface area contributed by atoms with Crippen LogP contribution in [0.3, 0.4) is 0 Å². The predicted octanol–water partition coefficient (Wildman–Crippen LogP) is 4.59. The first kappa shape index (κ1) is 21.6. The molecule has 2 unspecified atom stereocenters. The molecular weight excluding hydrogens is 480 g/mol. The van der Waals surface area contributed by atoms with Crippen molar-refractivity contribution in [2.45, 2.75) is 31.5 Å². The lowest BCUT2D eigenvalue weighted by Gasteiger charge is -2.46. The molecule has 0 aromatic carbocycles. The van der Waals surface area contributed by atoms with Crippen molar-refractivity contribution >= 4 is 28.3 Å². The highest BCUT2D eigenvalue weighted by molar-refractivity contribution is 5.92. The first-order chi connectivity index (χ1) is 17.2. The van der Waals surface area contributed by atoms with Crippen LogP contribution in [0.25, 0.3) is 27.9 Å². The Morgan fingerprint density at radius 3 is 2.72 bits per heavy atom. The minimum Gasteiger partial charge on any atom is -0.481 e. The van der Waals surface area contributed by atoms with E-state index in [-0.39, 0.29) is 34.6 Å². The Labute approximate surface area is 200 Å². The van der Waals surface area contributed by atoms with Gasteiger partial charge in [-0.1, -0.05) is 0 Å². The van der Waals surface area contributed by atoms with E-state index in [1.807, 2.05) is 0 Å². The number of pyridine rings is 1. The van der Waals surface area contributed by atoms with Gasteiger partial charge in [-0.05, 0) is 61.1 Å². The van der Waals surface area contributed by atoms with E-state index in [4.69, 9.17) is 0 Å². The highest BCUT2D eigenvalue weighted by atomic mass is 19.4. The van der Waals surface area contributed by atoms with Gasteiger partial charge in [0.15, 0.2) is 11.6 Å². The molecule has 4 aliphatic rings. The third kappa shape index (κ3) is 3.05. The molecule has 3 N–H and O–H groups in total. The number of anilines is 1. The van der Waals surface area contributed by atoms with Crippen LogP contribution in [-0.2, 0) is 11.0 Å². The van der Waals surface area contributed by atoms with Crippen LogP contribution >= 0.6 is 0 Å². The van der Waals surface area contributed by atoms with E-state index in [1.54, 1.807) is 0 Å². The molecule has 4 heterocycles. The third-order valence-electron chi connectivity index (χ3n) is 8.26. The number of aromatic amines is 1. The van der Waals surface area contributed by atoms with Crippen LogP contribution in [0.5, 0.6) is 0 Å². The van der Waals surface area contributed by atoms with E-state index in [1.165, 1.54) is 18.3 Å². The van der Waals surface area contributed by atoms with Crippen molar-refractivity contribution in [1.29, 1.82) is 0 Å². The minimum absolute atomic E-state index is 0.0486. The second kappa shape index (κ2) is 7.17. The van der Waals surface area contributed by atoms with Crippen molar-refractivity contribution in [3.05, 3.63) is 42.1 Å². The van der Waals surface area contributed by atoms with Gasteiger partial charge in [-0.25, -0.2) is 18.9 Å². The number of hydrogen-bond acceptors (Lipinski definition) is 5. The number of fused-ring (bicyclic) bond motifs is 4. The van der Waals surface area contributed by atoms with Crippen molar-refractivity contribution in [2.24, 2.45) is 29.6 Å². The lowest BCUT2D eigenvalue weighted by molar-refractivity contribution is -0.148. The van der Waals surface area contributed by atoms with E-state index in [0.717, 1.165) is 36.0 Å². The van der Waals surface area contributed by atoms with Crippen LogP contribution in [0, 0.1) is 35.4 Å². The fourth-order valence-corrected chi connectivity index (χ4v) is 6.74. The summed E-state index contributed by atoms with van der Waals surface area (Å²) in [5, 5.41) is 17.8. The molecule has 6 atom stereocenters. The Morgan fingerprint density at radius 2 is 1.94 bits per heavy atom. The van der Waals surface area contributed by atoms with Crippen LogP contribution in [0.15, 0.2) is 30.6 Å². The van der Waals surface area contributed by atoms with Gasteiger partial charge in [-0.15, -0.1) is 5.10 Å². The average Bonchev–Trinajstić information content (AvgIpc) is 3.36. The summed E-state index contributed by atoms with van der Waals surface area (Å²) in [5.41, 5.74) is -0.279. The van der Waals surface area contributed by atoms with Crippen LogP contribution in [0.2, 0.25) is 0 Å². The van der Waals surface area contributed by atoms with Gasteiger partial charge in [0.2, 0.25) is 0 Å².